The van der Waals surface area contributed by atoms with Crippen LogP contribution >= 0.6 is 22.9 Å². The van der Waals surface area contributed by atoms with Gasteiger partial charge in [-0.2, -0.15) is 5.10 Å². The fraction of sp³-hybridized carbons (Fsp3) is 0.286. The summed E-state index contributed by atoms with van der Waals surface area (Å²) in [7, 11) is 4.83. The number of carbonyl (C=O) groups is 2. The zero-order chi connectivity index (χ0) is 23.0. The van der Waals surface area contributed by atoms with E-state index in [9.17, 15) is 14.4 Å². The van der Waals surface area contributed by atoms with Gasteiger partial charge in [0, 0.05) is 26.8 Å². The highest BCUT2D eigenvalue weighted by Gasteiger charge is 2.22. The maximum Gasteiger partial charge on any atom is 0.277 e. The normalized spacial score (nSPS) is 10.8. The number of anilines is 1. The van der Waals surface area contributed by atoms with E-state index >= 15 is 0 Å². The van der Waals surface area contributed by atoms with E-state index in [-0.39, 0.29) is 22.9 Å². The van der Waals surface area contributed by atoms with Crippen molar-refractivity contribution in [2.75, 3.05) is 19.4 Å². The lowest BCUT2D eigenvalue weighted by Crippen LogP contribution is -2.23. The second-order valence-electron chi connectivity index (χ2n) is 7.30. The van der Waals surface area contributed by atoms with Crippen LogP contribution < -0.4 is 10.9 Å². The molecule has 3 aromatic rings. The van der Waals surface area contributed by atoms with Crippen LogP contribution in [0.2, 0.25) is 5.02 Å². The maximum absolute atomic E-state index is 12.9. The molecular weight excluding hydrogens is 438 g/mol. The van der Waals surface area contributed by atoms with Crippen molar-refractivity contribution in [3.8, 4) is 10.6 Å². The Bertz CT molecular complexity index is 1260. The summed E-state index contributed by atoms with van der Waals surface area (Å²) in [6, 6.07) is 4.72. The van der Waals surface area contributed by atoms with Gasteiger partial charge in [-0.1, -0.05) is 11.6 Å². The topological polar surface area (TPSA) is 97.2 Å². The lowest BCUT2D eigenvalue weighted by Gasteiger charge is -2.13. The van der Waals surface area contributed by atoms with E-state index in [0.29, 0.717) is 31.9 Å². The van der Waals surface area contributed by atoms with Gasteiger partial charge in [0.1, 0.15) is 9.88 Å². The first-order valence-electron chi connectivity index (χ1n) is 9.36. The van der Waals surface area contributed by atoms with Gasteiger partial charge in [-0.3, -0.25) is 14.4 Å². The number of aryl methyl sites for hydroxylation is 3. The number of benzene rings is 1. The largest absolute Gasteiger partial charge is 0.345 e. The van der Waals surface area contributed by atoms with Crippen LogP contribution in [0.1, 0.15) is 37.0 Å². The Morgan fingerprint density at radius 3 is 2.48 bits per heavy atom. The summed E-state index contributed by atoms with van der Waals surface area (Å²) in [5.74, 6) is -0.649. The monoisotopic (exact) mass is 459 g/mol. The van der Waals surface area contributed by atoms with Gasteiger partial charge < -0.3 is 10.2 Å². The fourth-order valence-electron chi connectivity index (χ4n) is 3.01. The lowest BCUT2D eigenvalue weighted by molar-refractivity contribution is 0.0827. The number of thiazole rings is 1. The summed E-state index contributed by atoms with van der Waals surface area (Å²) in [6.45, 7) is 5.34. The summed E-state index contributed by atoms with van der Waals surface area (Å²) >= 11 is 7.27. The molecule has 162 valence electrons. The van der Waals surface area contributed by atoms with E-state index in [4.69, 9.17) is 11.6 Å². The molecule has 0 saturated carbocycles. The molecule has 2 heterocycles. The molecular formula is C21H22ClN5O3S. The molecule has 10 heteroatoms. The molecule has 2 amide bonds. The van der Waals surface area contributed by atoms with Gasteiger partial charge in [0.15, 0.2) is 0 Å². The summed E-state index contributed by atoms with van der Waals surface area (Å²) < 4.78 is 1.27. The van der Waals surface area contributed by atoms with Crippen LogP contribution in [-0.4, -0.2) is 45.6 Å². The number of nitrogens with zero attached hydrogens (tertiary/aromatic N) is 4. The third-order valence-electron chi connectivity index (χ3n) is 4.80. The minimum absolute atomic E-state index is 0.267. The van der Waals surface area contributed by atoms with Crippen molar-refractivity contribution in [1.82, 2.24) is 19.7 Å². The molecule has 0 saturated heterocycles. The van der Waals surface area contributed by atoms with E-state index < -0.39 is 0 Å². The molecule has 0 radical (unpaired) electrons. The van der Waals surface area contributed by atoms with Crippen molar-refractivity contribution in [3.05, 3.63) is 61.0 Å². The molecule has 0 spiro atoms. The second kappa shape index (κ2) is 8.60. The van der Waals surface area contributed by atoms with Crippen LogP contribution in [0, 0.1) is 20.8 Å². The minimum atomic E-state index is -0.382. The van der Waals surface area contributed by atoms with Crippen molar-refractivity contribution in [1.29, 1.82) is 0 Å². The third-order valence-corrected chi connectivity index (χ3v) is 6.31. The first-order valence-corrected chi connectivity index (χ1v) is 10.6. The standard InChI is InChI=1S/C21H22ClN5O3S/c1-10-11(2)25-27(6)21(30)16(10)19-23-12(3)17(31-19)18(28)24-13-7-8-15(22)14(9-13)20(29)26(4)5/h7-9H,1-6H3,(H,24,28). The molecule has 0 aliphatic rings. The Labute approximate surface area is 188 Å². The minimum Gasteiger partial charge on any atom is -0.345 e. The van der Waals surface area contributed by atoms with E-state index in [0.717, 1.165) is 22.6 Å². The molecule has 3 rings (SSSR count). The molecule has 0 atom stereocenters. The predicted octanol–water partition coefficient (Wildman–Crippen LogP) is 3.44. The Balaban J connectivity index is 1.96. The van der Waals surface area contributed by atoms with Gasteiger partial charge in [0.05, 0.1) is 27.5 Å². The van der Waals surface area contributed by atoms with Crippen LogP contribution in [0.25, 0.3) is 10.6 Å². The third kappa shape index (κ3) is 4.38. The van der Waals surface area contributed by atoms with Crippen LogP contribution in [0.15, 0.2) is 23.0 Å². The number of hydrogen-bond acceptors (Lipinski definition) is 6. The Morgan fingerprint density at radius 1 is 1.16 bits per heavy atom. The van der Waals surface area contributed by atoms with E-state index in [1.165, 1.54) is 15.6 Å². The molecule has 31 heavy (non-hydrogen) atoms. The summed E-state index contributed by atoms with van der Waals surface area (Å²) in [4.78, 5) is 44.1. The molecule has 0 aliphatic heterocycles. The smallest absolute Gasteiger partial charge is 0.277 e. The summed E-state index contributed by atoms with van der Waals surface area (Å²) in [5.41, 5.74) is 2.84. The maximum atomic E-state index is 12.9. The van der Waals surface area contributed by atoms with Gasteiger partial charge >= 0.3 is 0 Å². The highest BCUT2D eigenvalue weighted by atomic mass is 35.5. The predicted molar refractivity (Wildman–Crippen MR) is 122 cm³/mol. The summed E-state index contributed by atoms with van der Waals surface area (Å²) in [5, 5.41) is 7.73. The van der Waals surface area contributed by atoms with Gasteiger partial charge in [0.25, 0.3) is 17.4 Å². The first kappa shape index (κ1) is 22.6. The number of rotatable bonds is 4. The molecule has 8 nitrogen and oxygen atoms in total. The van der Waals surface area contributed by atoms with Crippen molar-refractivity contribution >= 4 is 40.4 Å². The SMILES string of the molecule is Cc1nc(-c2c(C)c(C)nn(C)c2=O)sc1C(=O)Nc1ccc(Cl)c(C(=O)N(C)C)c1. The van der Waals surface area contributed by atoms with Crippen LogP contribution in [0.3, 0.4) is 0 Å². The number of nitrogens with one attached hydrogen (secondary N) is 1. The van der Waals surface area contributed by atoms with Crippen molar-refractivity contribution < 1.29 is 9.59 Å². The van der Waals surface area contributed by atoms with Crippen LogP contribution in [0.5, 0.6) is 0 Å². The quantitative estimate of drug-likeness (QED) is 0.644. The molecule has 1 N–H and O–H groups in total. The van der Waals surface area contributed by atoms with E-state index in [1.54, 1.807) is 40.2 Å². The van der Waals surface area contributed by atoms with Gasteiger partial charge in [-0.25, -0.2) is 9.67 Å². The summed E-state index contributed by atoms with van der Waals surface area (Å²) in [6.07, 6.45) is 0. The van der Waals surface area contributed by atoms with Crippen molar-refractivity contribution in [2.24, 2.45) is 7.05 Å². The van der Waals surface area contributed by atoms with Gasteiger partial charge in [-0.15, -0.1) is 11.3 Å². The van der Waals surface area contributed by atoms with Gasteiger partial charge in [-0.05, 0) is 44.5 Å². The lowest BCUT2D eigenvalue weighted by atomic mass is 10.1. The molecule has 1 aromatic carbocycles. The van der Waals surface area contributed by atoms with Crippen LogP contribution in [-0.2, 0) is 7.05 Å². The zero-order valence-electron chi connectivity index (χ0n) is 18.0. The highest BCUT2D eigenvalue weighted by molar-refractivity contribution is 7.17. The van der Waals surface area contributed by atoms with E-state index in [2.05, 4.69) is 15.4 Å². The zero-order valence-corrected chi connectivity index (χ0v) is 19.6. The number of carbonyl (C=O) groups excluding carboxylic acids is 2. The van der Waals surface area contributed by atoms with Crippen molar-refractivity contribution in [3.63, 3.8) is 0 Å². The highest BCUT2D eigenvalue weighted by Crippen LogP contribution is 2.29. The molecule has 0 unspecified atom stereocenters. The fourth-order valence-corrected chi connectivity index (χ4v) is 4.26. The second-order valence-corrected chi connectivity index (χ2v) is 8.70. The molecule has 0 fully saturated rings. The Kier molecular flexibility index (Phi) is 6.28. The molecule has 0 bridgehead atoms. The average Bonchev–Trinajstić information content (AvgIpc) is 3.08. The molecule has 2 aromatic heterocycles. The number of amides is 2. The number of aromatic nitrogens is 3. The Morgan fingerprint density at radius 2 is 1.84 bits per heavy atom. The first-order chi connectivity index (χ1) is 14.5. The average molecular weight is 460 g/mol. The van der Waals surface area contributed by atoms with Crippen molar-refractivity contribution in [2.45, 2.75) is 20.8 Å². The van der Waals surface area contributed by atoms with Gasteiger partial charge in [0.2, 0.25) is 0 Å². The van der Waals surface area contributed by atoms with E-state index in [1.807, 2.05) is 13.8 Å². The number of halogens is 1. The Hall–Kier alpha value is -3.04. The number of hydrogen-bond donors (Lipinski definition) is 1. The van der Waals surface area contributed by atoms with Crippen LogP contribution in [0.4, 0.5) is 5.69 Å². The molecule has 0 aliphatic carbocycles.